The summed E-state index contributed by atoms with van der Waals surface area (Å²) < 4.78 is 11.3. The lowest BCUT2D eigenvalue weighted by Gasteiger charge is -2.33. The Balaban J connectivity index is 1.64. The molecule has 18 heavy (non-hydrogen) atoms. The zero-order chi connectivity index (χ0) is 12.4. The molecule has 3 heteroatoms. The molecule has 1 N–H and O–H groups in total. The largest absolute Gasteiger partial charge is 0.469 e. The van der Waals surface area contributed by atoms with Crippen molar-refractivity contribution in [1.29, 1.82) is 0 Å². The van der Waals surface area contributed by atoms with E-state index in [9.17, 15) is 0 Å². The van der Waals surface area contributed by atoms with Crippen LogP contribution in [0.15, 0.2) is 16.7 Å². The van der Waals surface area contributed by atoms with Crippen LogP contribution >= 0.6 is 0 Å². The van der Waals surface area contributed by atoms with Crippen molar-refractivity contribution in [3.8, 4) is 0 Å². The summed E-state index contributed by atoms with van der Waals surface area (Å²) in [6.07, 6.45) is 9.28. The van der Waals surface area contributed by atoms with Crippen LogP contribution in [0.3, 0.4) is 0 Å². The molecule has 1 aliphatic carbocycles. The molecule has 0 radical (unpaired) electrons. The van der Waals surface area contributed by atoms with Crippen LogP contribution in [-0.2, 0) is 11.2 Å². The number of rotatable bonds is 3. The third kappa shape index (κ3) is 2.47. The van der Waals surface area contributed by atoms with Crippen LogP contribution in [0, 0.1) is 0 Å². The molecule has 0 amide bonds. The molecule has 1 saturated heterocycles. The summed E-state index contributed by atoms with van der Waals surface area (Å²) in [5, 5.41) is 3.82. The van der Waals surface area contributed by atoms with Crippen LogP contribution < -0.4 is 5.32 Å². The molecule has 1 fully saturated rings. The third-order valence-electron chi connectivity index (χ3n) is 4.31. The Labute approximate surface area is 109 Å². The van der Waals surface area contributed by atoms with E-state index in [4.69, 9.17) is 9.15 Å². The fraction of sp³-hybridized carbons (Fsp3) is 0.733. The molecule has 1 aliphatic heterocycles. The van der Waals surface area contributed by atoms with E-state index in [-0.39, 0.29) is 0 Å². The van der Waals surface area contributed by atoms with Gasteiger partial charge >= 0.3 is 0 Å². The molecule has 0 bridgehead atoms. The second kappa shape index (κ2) is 5.45. The van der Waals surface area contributed by atoms with Crippen LogP contribution in [0.25, 0.3) is 0 Å². The fourth-order valence-electron chi connectivity index (χ4n) is 3.26. The zero-order valence-electron chi connectivity index (χ0n) is 11.2. The van der Waals surface area contributed by atoms with E-state index in [1.807, 2.05) is 6.26 Å². The van der Waals surface area contributed by atoms with E-state index >= 15 is 0 Å². The molecule has 3 nitrogen and oxygen atoms in total. The monoisotopic (exact) mass is 249 g/mol. The van der Waals surface area contributed by atoms with Gasteiger partial charge in [-0.05, 0) is 38.2 Å². The Morgan fingerprint density at radius 1 is 1.39 bits per heavy atom. The van der Waals surface area contributed by atoms with Crippen LogP contribution in [-0.4, -0.2) is 18.8 Å². The Kier molecular flexibility index (Phi) is 3.71. The molecular weight excluding hydrogens is 226 g/mol. The van der Waals surface area contributed by atoms with Crippen molar-refractivity contribution in [3.05, 3.63) is 23.7 Å². The highest BCUT2D eigenvalue weighted by Crippen LogP contribution is 2.32. The lowest BCUT2D eigenvalue weighted by molar-refractivity contribution is -0.00239. The van der Waals surface area contributed by atoms with Crippen molar-refractivity contribution in [1.82, 2.24) is 5.32 Å². The van der Waals surface area contributed by atoms with Crippen molar-refractivity contribution in [3.63, 3.8) is 0 Å². The van der Waals surface area contributed by atoms with Gasteiger partial charge in [0.25, 0.3) is 0 Å². The Hall–Kier alpha value is -0.800. The number of hydrogen-bond donors (Lipinski definition) is 1. The molecule has 3 atom stereocenters. The number of nitrogens with one attached hydrogen (secondary N) is 1. The zero-order valence-corrected chi connectivity index (χ0v) is 11.2. The molecule has 2 heterocycles. The van der Waals surface area contributed by atoms with Gasteiger partial charge in [0, 0.05) is 30.7 Å². The summed E-state index contributed by atoms with van der Waals surface area (Å²) in [7, 11) is 0. The maximum atomic E-state index is 5.74. The number of aryl methyl sites for hydroxylation is 1. The summed E-state index contributed by atoms with van der Waals surface area (Å²) in [6.45, 7) is 3.11. The minimum Gasteiger partial charge on any atom is -0.469 e. The number of furan rings is 1. The van der Waals surface area contributed by atoms with Crippen molar-refractivity contribution in [2.45, 2.75) is 63.6 Å². The summed E-state index contributed by atoms with van der Waals surface area (Å²) in [5.41, 5.74) is 1.39. The molecule has 0 saturated carbocycles. The molecule has 0 aromatic carbocycles. The van der Waals surface area contributed by atoms with Crippen LogP contribution in [0.5, 0.6) is 0 Å². The number of ether oxygens (including phenoxy) is 1. The van der Waals surface area contributed by atoms with Gasteiger partial charge in [0.1, 0.15) is 5.76 Å². The molecule has 3 rings (SSSR count). The van der Waals surface area contributed by atoms with Crippen molar-refractivity contribution in [2.75, 3.05) is 6.61 Å². The first-order valence-electron chi connectivity index (χ1n) is 7.30. The third-order valence-corrected chi connectivity index (χ3v) is 4.31. The highest BCUT2D eigenvalue weighted by molar-refractivity contribution is 5.24. The minimum absolute atomic E-state index is 0.448. The van der Waals surface area contributed by atoms with Gasteiger partial charge < -0.3 is 14.5 Å². The average molecular weight is 249 g/mol. The normalized spacial score (nSPS) is 32.2. The molecule has 1 aromatic heterocycles. The highest BCUT2D eigenvalue weighted by Gasteiger charge is 2.27. The SMILES string of the molecule is CCC1CC(NC2CCCc3occc32)CCO1. The van der Waals surface area contributed by atoms with Crippen LogP contribution in [0.4, 0.5) is 0 Å². The topological polar surface area (TPSA) is 34.4 Å². The van der Waals surface area contributed by atoms with Gasteiger partial charge in [-0.3, -0.25) is 0 Å². The van der Waals surface area contributed by atoms with Gasteiger partial charge in [0.05, 0.1) is 12.4 Å². The predicted molar refractivity (Wildman–Crippen MR) is 70.6 cm³/mol. The van der Waals surface area contributed by atoms with E-state index in [0.717, 1.165) is 32.3 Å². The van der Waals surface area contributed by atoms with Gasteiger partial charge in [-0.15, -0.1) is 0 Å². The average Bonchev–Trinajstić information content (AvgIpc) is 2.88. The molecule has 1 aromatic rings. The van der Waals surface area contributed by atoms with E-state index in [1.54, 1.807) is 0 Å². The first-order chi connectivity index (χ1) is 8.86. The highest BCUT2D eigenvalue weighted by atomic mass is 16.5. The Morgan fingerprint density at radius 3 is 3.22 bits per heavy atom. The lowest BCUT2D eigenvalue weighted by atomic mass is 9.91. The Morgan fingerprint density at radius 2 is 2.33 bits per heavy atom. The van der Waals surface area contributed by atoms with E-state index in [2.05, 4.69) is 18.3 Å². The standard InChI is InChI=1S/C15H23NO2/c1-2-12-10-11(6-8-17-12)16-14-4-3-5-15-13(14)7-9-18-15/h7,9,11-12,14,16H,2-6,8,10H2,1H3. The second-order valence-electron chi connectivity index (χ2n) is 5.53. The van der Waals surface area contributed by atoms with Gasteiger partial charge in [-0.25, -0.2) is 0 Å². The van der Waals surface area contributed by atoms with Crippen molar-refractivity contribution < 1.29 is 9.15 Å². The number of fused-ring (bicyclic) bond motifs is 1. The maximum absolute atomic E-state index is 5.74. The Bertz CT molecular complexity index is 388. The summed E-state index contributed by atoms with van der Waals surface area (Å²) >= 11 is 0. The molecule has 100 valence electrons. The first kappa shape index (κ1) is 12.2. The summed E-state index contributed by atoms with van der Waals surface area (Å²) in [4.78, 5) is 0. The van der Waals surface area contributed by atoms with Crippen molar-refractivity contribution in [2.24, 2.45) is 0 Å². The fourth-order valence-corrected chi connectivity index (χ4v) is 3.26. The van der Waals surface area contributed by atoms with Gasteiger partial charge in [-0.1, -0.05) is 6.92 Å². The van der Waals surface area contributed by atoms with Crippen LogP contribution in [0.2, 0.25) is 0 Å². The minimum atomic E-state index is 0.448. The van der Waals surface area contributed by atoms with Crippen LogP contribution in [0.1, 0.15) is 56.4 Å². The molecule has 0 spiro atoms. The number of hydrogen-bond acceptors (Lipinski definition) is 3. The van der Waals surface area contributed by atoms with Gasteiger partial charge in [0.2, 0.25) is 0 Å². The summed E-state index contributed by atoms with van der Waals surface area (Å²) in [5.74, 6) is 1.19. The second-order valence-corrected chi connectivity index (χ2v) is 5.53. The molecular formula is C15H23NO2. The maximum Gasteiger partial charge on any atom is 0.108 e. The summed E-state index contributed by atoms with van der Waals surface area (Å²) in [6, 6.07) is 3.24. The van der Waals surface area contributed by atoms with Gasteiger partial charge in [0.15, 0.2) is 0 Å². The van der Waals surface area contributed by atoms with Gasteiger partial charge in [-0.2, -0.15) is 0 Å². The van der Waals surface area contributed by atoms with E-state index < -0.39 is 0 Å². The first-order valence-corrected chi connectivity index (χ1v) is 7.30. The van der Waals surface area contributed by atoms with Crippen molar-refractivity contribution >= 4 is 0 Å². The van der Waals surface area contributed by atoms with E-state index in [0.29, 0.717) is 18.2 Å². The quantitative estimate of drug-likeness (QED) is 0.893. The van der Waals surface area contributed by atoms with E-state index in [1.165, 1.54) is 24.2 Å². The smallest absolute Gasteiger partial charge is 0.108 e. The molecule has 3 unspecified atom stereocenters. The lowest BCUT2D eigenvalue weighted by Crippen LogP contribution is -2.41. The molecule has 2 aliphatic rings. The predicted octanol–water partition coefficient (Wildman–Crippen LogP) is 3.20.